The third-order valence-electron chi connectivity index (χ3n) is 2.61. The highest BCUT2D eigenvalue weighted by atomic mass is 19.1. The number of methoxy groups -OCH3 is 1. The maximum Gasteiger partial charge on any atom is 0.328 e. The quantitative estimate of drug-likeness (QED) is 0.803. The van der Waals surface area contributed by atoms with Crippen molar-refractivity contribution < 1.29 is 13.9 Å². The van der Waals surface area contributed by atoms with Crippen molar-refractivity contribution in [2.45, 2.75) is 13.0 Å². The lowest BCUT2D eigenvalue weighted by Gasteiger charge is -2.13. The molecule has 1 atom stereocenters. The van der Waals surface area contributed by atoms with Crippen molar-refractivity contribution in [3.63, 3.8) is 0 Å². The standard InChI is InChI=1S/C11H12FN3O2/c1-6(10(16)17-2)15-9-5-7(12)3-4-8(9)14-11(15)13/h3-6H,1-2H3,(H2,13,14). The summed E-state index contributed by atoms with van der Waals surface area (Å²) in [7, 11) is 1.29. The molecule has 1 unspecified atom stereocenters. The lowest BCUT2D eigenvalue weighted by atomic mass is 10.2. The highest BCUT2D eigenvalue weighted by Crippen LogP contribution is 2.24. The Bertz CT molecular complexity index is 579. The second-order valence-electron chi connectivity index (χ2n) is 3.67. The number of halogens is 1. The molecule has 0 saturated heterocycles. The summed E-state index contributed by atoms with van der Waals surface area (Å²) >= 11 is 0. The van der Waals surface area contributed by atoms with Crippen LogP contribution in [0.25, 0.3) is 11.0 Å². The Morgan fingerprint density at radius 1 is 1.59 bits per heavy atom. The fourth-order valence-electron chi connectivity index (χ4n) is 1.77. The molecule has 6 heteroatoms. The van der Waals surface area contributed by atoms with Crippen LogP contribution in [0, 0.1) is 5.82 Å². The number of ether oxygens (including phenoxy) is 1. The van der Waals surface area contributed by atoms with E-state index in [1.165, 1.54) is 29.9 Å². The Hall–Kier alpha value is -2.11. The average Bonchev–Trinajstić information content (AvgIpc) is 2.62. The van der Waals surface area contributed by atoms with Crippen LogP contribution in [0.1, 0.15) is 13.0 Å². The number of hydrogen-bond donors (Lipinski definition) is 1. The number of carbonyl (C=O) groups excluding carboxylic acids is 1. The van der Waals surface area contributed by atoms with Crippen LogP contribution in [0.15, 0.2) is 18.2 Å². The summed E-state index contributed by atoms with van der Waals surface area (Å²) < 4.78 is 19.3. The van der Waals surface area contributed by atoms with Gasteiger partial charge >= 0.3 is 5.97 Å². The molecular weight excluding hydrogens is 225 g/mol. The van der Waals surface area contributed by atoms with Gasteiger partial charge in [-0.25, -0.2) is 14.2 Å². The number of hydrogen-bond acceptors (Lipinski definition) is 4. The van der Waals surface area contributed by atoms with Crippen LogP contribution in [0.4, 0.5) is 10.3 Å². The monoisotopic (exact) mass is 237 g/mol. The summed E-state index contributed by atoms with van der Waals surface area (Å²) in [6.07, 6.45) is 0. The Morgan fingerprint density at radius 3 is 2.94 bits per heavy atom. The molecule has 2 aromatic rings. The van der Waals surface area contributed by atoms with Crippen LogP contribution < -0.4 is 5.73 Å². The van der Waals surface area contributed by atoms with E-state index in [0.717, 1.165) is 0 Å². The number of benzene rings is 1. The van der Waals surface area contributed by atoms with Crippen LogP contribution in [-0.4, -0.2) is 22.6 Å². The Labute approximate surface area is 97.0 Å². The average molecular weight is 237 g/mol. The van der Waals surface area contributed by atoms with Crippen LogP contribution in [0.5, 0.6) is 0 Å². The molecule has 0 saturated carbocycles. The molecular formula is C11H12FN3O2. The SMILES string of the molecule is COC(=O)C(C)n1c(N)nc2ccc(F)cc21. The van der Waals surface area contributed by atoms with Crippen LogP contribution in [0.2, 0.25) is 0 Å². The number of nitrogens with zero attached hydrogens (tertiary/aromatic N) is 2. The van der Waals surface area contributed by atoms with Gasteiger partial charge in [0.15, 0.2) is 0 Å². The summed E-state index contributed by atoms with van der Waals surface area (Å²) in [6.45, 7) is 1.62. The first-order chi connectivity index (χ1) is 8.04. The number of esters is 1. The van der Waals surface area contributed by atoms with Crippen molar-refractivity contribution in [1.82, 2.24) is 9.55 Å². The zero-order chi connectivity index (χ0) is 12.6. The number of anilines is 1. The van der Waals surface area contributed by atoms with E-state index in [2.05, 4.69) is 9.72 Å². The van der Waals surface area contributed by atoms with Gasteiger partial charge < -0.3 is 10.5 Å². The number of imidazole rings is 1. The molecule has 0 radical (unpaired) electrons. The molecule has 0 fully saturated rings. The predicted octanol–water partition coefficient (Wildman–Crippen LogP) is 1.49. The molecule has 2 N–H and O–H groups in total. The minimum absolute atomic E-state index is 0.156. The van der Waals surface area contributed by atoms with Crippen molar-refractivity contribution in [3.05, 3.63) is 24.0 Å². The molecule has 2 rings (SSSR count). The van der Waals surface area contributed by atoms with E-state index < -0.39 is 17.8 Å². The number of carbonyl (C=O) groups is 1. The smallest absolute Gasteiger partial charge is 0.328 e. The molecule has 90 valence electrons. The predicted molar refractivity (Wildman–Crippen MR) is 60.8 cm³/mol. The molecule has 0 aliphatic heterocycles. The maximum absolute atomic E-state index is 13.2. The molecule has 5 nitrogen and oxygen atoms in total. The van der Waals surface area contributed by atoms with Gasteiger partial charge in [0.25, 0.3) is 0 Å². The highest BCUT2D eigenvalue weighted by molar-refractivity contribution is 5.82. The minimum Gasteiger partial charge on any atom is -0.467 e. The van der Waals surface area contributed by atoms with Gasteiger partial charge in [-0.2, -0.15) is 0 Å². The lowest BCUT2D eigenvalue weighted by molar-refractivity contribution is -0.143. The van der Waals surface area contributed by atoms with Gasteiger partial charge in [0.1, 0.15) is 11.9 Å². The molecule has 0 amide bonds. The van der Waals surface area contributed by atoms with Gasteiger partial charge in [-0.1, -0.05) is 0 Å². The van der Waals surface area contributed by atoms with E-state index in [1.54, 1.807) is 6.92 Å². The topological polar surface area (TPSA) is 70.1 Å². The molecule has 0 aliphatic rings. The highest BCUT2D eigenvalue weighted by Gasteiger charge is 2.21. The number of fused-ring (bicyclic) bond motifs is 1. The Balaban J connectivity index is 2.63. The summed E-state index contributed by atoms with van der Waals surface area (Å²) in [5.41, 5.74) is 6.73. The van der Waals surface area contributed by atoms with Gasteiger partial charge in [-0.05, 0) is 25.1 Å². The van der Waals surface area contributed by atoms with Gasteiger partial charge in [-0.15, -0.1) is 0 Å². The first kappa shape index (κ1) is 11.4. The van der Waals surface area contributed by atoms with Crippen LogP contribution in [-0.2, 0) is 9.53 Å². The zero-order valence-electron chi connectivity index (χ0n) is 9.48. The van der Waals surface area contributed by atoms with Gasteiger partial charge in [0, 0.05) is 0 Å². The van der Waals surface area contributed by atoms with Gasteiger partial charge in [0.2, 0.25) is 5.95 Å². The summed E-state index contributed by atoms with van der Waals surface area (Å²) in [5, 5.41) is 0. The van der Waals surface area contributed by atoms with E-state index in [9.17, 15) is 9.18 Å². The summed E-state index contributed by atoms with van der Waals surface area (Å²) in [6, 6.07) is 3.45. The van der Waals surface area contributed by atoms with Crippen molar-refractivity contribution in [1.29, 1.82) is 0 Å². The largest absolute Gasteiger partial charge is 0.467 e. The first-order valence-electron chi connectivity index (χ1n) is 5.05. The maximum atomic E-state index is 13.2. The summed E-state index contributed by atoms with van der Waals surface area (Å²) in [5.74, 6) is -0.709. The molecule has 1 aromatic carbocycles. The van der Waals surface area contributed by atoms with Crippen molar-refractivity contribution >= 4 is 23.0 Å². The van der Waals surface area contributed by atoms with Crippen LogP contribution in [0.3, 0.4) is 0 Å². The van der Waals surface area contributed by atoms with Gasteiger partial charge in [-0.3, -0.25) is 4.57 Å². The number of rotatable bonds is 2. The molecule has 1 heterocycles. The van der Waals surface area contributed by atoms with E-state index in [0.29, 0.717) is 11.0 Å². The van der Waals surface area contributed by atoms with E-state index in [4.69, 9.17) is 5.73 Å². The second-order valence-corrected chi connectivity index (χ2v) is 3.67. The summed E-state index contributed by atoms with van der Waals surface area (Å²) in [4.78, 5) is 15.5. The third kappa shape index (κ3) is 1.82. The molecule has 17 heavy (non-hydrogen) atoms. The number of aromatic nitrogens is 2. The van der Waals surface area contributed by atoms with Crippen molar-refractivity contribution in [2.24, 2.45) is 0 Å². The minimum atomic E-state index is -0.646. The van der Waals surface area contributed by atoms with Crippen LogP contribution >= 0.6 is 0 Å². The van der Waals surface area contributed by atoms with Gasteiger partial charge in [0.05, 0.1) is 18.1 Å². The second kappa shape index (κ2) is 4.04. The number of nitrogens with two attached hydrogens (primary N) is 1. The Kier molecular flexibility index (Phi) is 2.71. The molecule has 0 spiro atoms. The lowest BCUT2D eigenvalue weighted by Crippen LogP contribution is -2.19. The fraction of sp³-hybridized carbons (Fsp3) is 0.273. The van der Waals surface area contributed by atoms with E-state index in [-0.39, 0.29) is 5.95 Å². The van der Waals surface area contributed by atoms with Crippen molar-refractivity contribution in [3.8, 4) is 0 Å². The number of nitrogen functional groups attached to an aromatic ring is 1. The molecule has 0 aliphatic carbocycles. The third-order valence-corrected chi connectivity index (χ3v) is 2.61. The normalized spacial score (nSPS) is 12.6. The zero-order valence-corrected chi connectivity index (χ0v) is 9.48. The molecule has 0 bridgehead atoms. The fourth-order valence-corrected chi connectivity index (χ4v) is 1.77. The van der Waals surface area contributed by atoms with E-state index >= 15 is 0 Å². The van der Waals surface area contributed by atoms with Crippen molar-refractivity contribution in [2.75, 3.05) is 12.8 Å². The van der Waals surface area contributed by atoms with E-state index in [1.807, 2.05) is 0 Å². The Morgan fingerprint density at radius 2 is 2.29 bits per heavy atom. The molecule has 1 aromatic heterocycles. The first-order valence-corrected chi connectivity index (χ1v) is 5.05.